The molecule has 2 aromatic carbocycles. The van der Waals surface area contributed by atoms with Gasteiger partial charge in [-0.1, -0.05) is 23.2 Å². The van der Waals surface area contributed by atoms with E-state index in [2.05, 4.69) is 5.43 Å². The number of hydrogen-bond donors (Lipinski definition) is 5. The quantitative estimate of drug-likeness (QED) is 0.108. The van der Waals surface area contributed by atoms with Crippen molar-refractivity contribution in [2.24, 2.45) is 11.2 Å². The van der Waals surface area contributed by atoms with Gasteiger partial charge in [0.25, 0.3) is 0 Å². The Bertz CT molecular complexity index is 825. The second kappa shape index (κ2) is 22.8. The van der Waals surface area contributed by atoms with E-state index in [9.17, 15) is 9.59 Å². The van der Waals surface area contributed by atoms with E-state index >= 15 is 0 Å². The molecule has 7 N–H and O–H groups in total. The van der Waals surface area contributed by atoms with Gasteiger partial charge in [-0.15, -0.1) is 17.7 Å². The first kappa shape index (κ1) is 37.9. The van der Waals surface area contributed by atoms with E-state index in [0.29, 0.717) is 11.4 Å². The van der Waals surface area contributed by atoms with Crippen LogP contribution in [0.3, 0.4) is 0 Å². The number of anilines is 2. The number of carbonyl (C=O) groups is 2. The SMILES string of the molecule is Cl.NNc1ccc(C(=O)O)c(Cl)c1.Nc1ccc(C(=O)O)c(Cl)c1.O=N[O-].[Cl][Sn][Cl].[Na+]. The van der Waals surface area contributed by atoms with Crippen LogP contribution in [0.25, 0.3) is 0 Å². The minimum Gasteiger partial charge on any atom is 1.00 e. The van der Waals surface area contributed by atoms with Crippen LogP contribution in [-0.4, -0.2) is 41.0 Å². The average molecular weight is 653 g/mol. The van der Waals surface area contributed by atoms with E-state index in [1.807, 2.05) is 0 Å². The maximum absolute atomic E-state index is 10.5. The van der Waals surface area contributed by atoms with Crippen molar-refractivity contribution in [3.05, 3.63) is 67.7 Å². The number of aromatic carboxylic acids is 2. The van der Waals surface area contributed by atoms with Crippen molar-refractivity contribution >= 4 is 95.7 Å². The van der Waals surface area contributed by atoms with E-state index < -0.39 is 30.8 Å². The second-order valence-corrected chi connectivity index (χ2v) is 9.39. The number of nitrogen functional groups attached to an aromatic ring is 2. The third kappa shape index (κ3) is 17.8. The van der Waals surface area contributed by atoms with Gasteiger partial charge in [0.1, 0.15) is 0 Å². The number of nitrogens with one attached hydrogen (secondary N) is 1. The van der Waals surface area contributed by atoms with E-state index in [1.165, 1.54) is 36.4 Å². The second-order valence-electron chi connectivity index (χ2n) is 4.33. The van der Waals surface area contributed by atoms with Crippen molar-refractivity contribution in [3.63, 3.8) is 0 Å². The largest absolute Gasteiger partial charge is 1.00 e. The summed E-state index contributed by atoms with van der Waals surface area (Å²) in [5.74, 6) is 2.99. The summed E-state index contributed by atoms with van der Waals surface area (Å²) >= 11 is 10.4. The summed E-state index contributed by atoms with van der Waals surface area (Å²) in [6, 6.07) is 8.65. The molecule has 31 heavy (non-hydrogen) atoms. The topological polar surface area (TPSA) is 191 Å². The van der Waals surface area contributed by atoms with Crippen LogP contribution in [0.1, 0.15) is 20.7 Å². The van der Waals surface area contributed by atoms with Gasteiger partial charge in [-0.2, -0.15) is 0 Å². The van der Waals surface area contributed by atoms with Crippen molar-refractivity contribution < 1.29 is 49.4 Å². The van der Waals surface area contributed by atoms with Gasteiger partial charge in [0.2, 0.25) is 0 Å². The van der Waals surface area contributed by atoms with Crippen molar-refractivity contribution in [1.29, 1.82) is 0 Å². The smallest absolute Gasteiger partial charge is 1.00 e. The fraction of sp³-hybridized carbons (Fsp3) is 0. The van der Waals surface area contributed by atoms with Crippen LogP contribution < -0.4 is 46.6 Å². The first-order valence-corrected chi connectivity index (χ1v) is 14.8. The number of benzene rings is 2. The summed E-state index contributed by atoms with van der Waals surface area (Å²) in [6.07, 6.45) is 0. The molecule has 0 aliphatic carbocycles. The number of carboxylic acid groups (broad SMARTS) is 2. The molecule has 0 spiro atoms. The van der Waals surface area contributed by atoms with Gasteiger partial charge in [-0.3, -0.25) is 5.84 Å². The molecule has 10 nitrogen and oxygen atoms in total. The molecular weight excluding hydrogens is 639 g/mol. The number of carboxylic acids is 2. The minimum absolute atomic E-state index is 0. The molecule has 0 heterocycles. The molecular formula is C14H14Cl5N4NaO6Sn. The first-order valence-electron chi connectivity index (χ1n) is 6.78. The third-order valence-corrected chi connectivity index (χ3v) is 3.22. The van der Waals surface area contributed by atoms with Crippen LogP contribution in [0.2, 0.25) is 10.0 Å². The van der Waals surface area contributed by atoms with Gasteiger partial charge in [-0.05, 0) is 36.4 Å². The van der Waals surface area contributed by atoms with Gasteiger partial charge < -0.3 is 31.5 Å². The molecule has 166 valence electrons. The Hall–Kier alpha value is -0.411. The Kier molecular flexibility index (Phi) is 27.8. The molecule has 0 bridgehead atoms. The maximum Gasteiger partial charge on any atom is 1.00 e. The molecule has 2 aromatic rings. The van der Waals surface area contributed by atoms with Gasteiger partial charge in [0.15, 0.2) is 0 Å². The summed E-state index contributed by atoms with van der Waals surface area (Å²) in [7, 11) is 9.87. The fourth-order valence-electron chi connectivity index (χ4n) is 1.48. The Morgan fingerprint density at radius 3 is 1.65 bits per heavy atom. The monoisotopic (exact) mass is 652 g/mol. The van der Waals surface area contributed by atoms with Crippen LogP contribution in [0, 0.1) is 10.1 Å². The molecule has 0 saturated heterocycles. The van der Waals surface area contributed by atoms with Crippen LogP contribution in [-0.2, 0) is 0 Å². The molecule has 0 aliphatic heterocycles. The molecule has 0 aliphatic rings. The molecule has 2 rings (SSSR count). The van der Waals surface area contributed by atoms with E-state index in [4.69, 9.17) is 72.9 Å². The fourth-order valence-corrected chi connectivity index (χ4v) is 2.01. The minimum atomic E-state index is -1.05. The normalized spacial score (nSPS) is 8.03. The molecule has 0 unspecified atom stereocenters. The summed E-state index contributed by atoms with van der Waals surface area (Å²) in [5, 5.41) is 26.5. The number of halogens is 5. The van der Waals surface area contributed by atoms with Gasteiger partial charge >= 0.3 is 78.2 Å². The van der Waals surface area contributed by atoms with Crippen LogP contribution >= 0.6 is 53.5 Å². The van der Waals surface area contributed by atoms with E-state index in [0.717, 1.165) is 5.34 Å². The number of nitrogens with two attached hydrogens (primary N) is 2. The van der Waals surface area contributed by atoms with Crippen molar-refractivity contribution in [1.82, 2.24) is 0 Å². The molecule has 0 fully saturated rings. The summed E-state index contributed by atoms with van der Waals surface area (Å²) in [5.41, 5.74) is 8.87. The molecule has 0 atom stereocenters. The van der Waals surface area contributed by atoms with Gasteiger partial charge in [0.05, 0.1) is 21.2 Å². The van der Waals surface area contributed by atoms with E-state index in [-0.39, 0.29) is 63.1 Å². The van der Waals surface area contributed by atoms with Crippen molar-refractivity contribution in [2.45, 2.75) is 0 Å². The number of nitrogens with zero attached hydrogens (tertiary/aromatic N) is 1. The molecule has 0 saturated carbocycles. The zero-order valence-corrected chi connectivity index (χ0v) is 24.2. The Labute approximate surface area is 232 Å². The molecule has 0 aromatic heterocycles. The zero-order chi connectivity index (χ0) is 23.0. The number of hydrazine groups is 1. The predicted octanol–water partition coefficient (Wildman–Crippen LogP) is 1.62. The Balaban J connectivity index is -0.000000179. The number of rotatable bonds is 3. The summed E-state index contributed by atoms with van der Waals surface area (Å²) in [4.78, 5) is 28.9. The zero-order valence-electron chi connectivity index (χ0n) is 15.5. The van der Waals surface area contributed by atoms with Crippen molar-refractivity contribution in [2.75, 3.05) is 11.2 Å². The molecule has 0 amide bonds. The summed E-state index contributed by atoms with van der Waals surface area (Å²) < 4.78 is 0. The van der Waals surface area contributed by atoms with Gasteiger partial charge in [-0.25, -0.2) is 9.59 Å². The van der Waals surface area contributed by atoms with Gasteiger partial charge in [0, 0.05) is 11.4 Å². The first-order chi connectivity index (χ1) is 13.6. The molecule has 17 heteroatoms. The Morgan fingerprint density at radius 2 is 1.35 bits per heavy atom. The molecule has 2 radical (unpaired) electrons. The van der Waals surface area contributed by atoms with Crippen LogP contribution in [0.15, 0.2) is 41.7 Å². The predicted molar refractivity (Wildman–Crippen MR) is 123 cm³/mol. The Morgan fingerprint density at radius 1 is 1.00 bits per heavy atom. The van der Waals surface area contributed by atoms with Crippen molar-refractivity contribution in [3.8, 4) is 0 Å². The van der Waals surface area contributed by atoms with Crippen LogP contribution in [0.4, 0.5) is 11.4 Å². The third-order valence-electron chi connectivity index (χ3n) is 2.59. The maximum atomic E-state index is 10.5. The standard InChI is InChI=1S/C7H7ClN2O2.C7H6ClNO2.3ClH.HNO2.Na.Sn/c8-6-3-4(10-9)1-2-5(6)7(11)12;8-6-3-4(9)1-2-5(6)7(10)11;;;;2-1-3;;/h1-3,10H,9H2,(H,11,12);1-3H,9H2,(H,10,11);3*1H;(H,2,3);;/q;;;;;;+1;+2/p-3. The number of hydrogen-bond acceptors (Lipinski definition) is 8. The van der Waals surface area contributed by atoms with E-state index in [1.54, 1.807) is 0 Å². The summed E-state index contributed by atoms with van der Waals surface area (Å²) in [6.45, 7) is 0. The average Bonchev–Trinajstić information content (AvgIpc) is 2.62. The van der Waals surface area contributed by atoms with Crippen LogP contribution in [0.5, 0.6) is 0 Å².